The zero-order valence-corrected chi connectivity index (χ0v) is 6.36. The average molecular weight is 177 g/mol. The molecule has 0 aromatic heterocycles. The minimum Gasteiger partial charge on any atom is -0.481 e. The highest BCUT2D eigenvalue weighted by atomic mass is 16.4. The van der Waals surface area contributed by atoms with E-state index < -0.39 is 24.6 Å². The summed E-state index contributed by atoms with van der Waals surface area (Å²) in [6.45, 7) is -0.512. The Morgan fingerprint density at radius 3 is 2.25 bits per heavy atom. The molecule has 4 N–H and O–H groups in total. The first-order valence-corrected chi connectivity index (χ1v) is 3.36. The molecule has 0 saturated heterocycles. The van der Waals surface area contributed by atoms with E-state index in [1.54, 1.807) is 0 Å². The summed E-state index contributed by atoms with van der Waals surface area (Å²) in [5, 5.41) is 27.4. The van der Waals surface area contributed by atoms with Gasteiger partial charge in [-0.15, -0.1) is 0 Å². The Morgan fingerprint density at radius 1 is 1.33 bits per heavy atom. The van der Waals surface area contributed by atoms with Gasteiger partial charge >= 0.3 is 11.9 Å². The molecule has 0 aromatic rings. The summed E-state index contributed by atoms with van der Waals surface area (Å²) in [6, 6.07) is -1.08. The van der Waals surface area contributed by atoms with Crippen LogP contribution in [0, 0.1) is 0 Å². The third-order valence-corrected chi connectivity index (χ3v) is 1.21. The summed E-state index contributed by atoms with van der Waals surface area (Å²) < 4.78 is 0. The summed E-state index contributed by atoms with van der Waals surface area (Å²) in [4.78, 5) is 20.2. The van der Waals surface area contributed by atoms with Gasteiger partial charge in [-0.25, -0.2) is 0 Å². The van der Waals surface area contributed by atoms with Crippen LogP contribution >= 0.6 is 0 Å². The molecule has 1 atom stereocenters. The lowest BCUT2D eigenvalue weighted by Gasteiger charge is -2.09. The highest BCUT2D eigenvalue weighted by Gasteiger charge is 2.14. The quantitative estimate of drug-likeness (QED) is 0.393. The van der Waals surface area contributed by atoms with Gasteiger partial charge < -0.3 is 20.6 Å². The van der Waals surface area contributed by atoms with Gasteiger partial charge in [-0.3, -0.25) is 9.59 Å². The van der Waals surface area contributed by atoms with Gasteiger partial charge in [-0.1, -0.05) is 0 Å². The van der Waals surface area contributed by atoms with E-state index in [2.05, 4.69) is 5.32 Å². The maximum absolute atomic E-state index is 10.2. The van der Waals surface area contributed by atoms with Crippen molar-refractivity contribution in [3.63, 3.8) is 0 Å². The van der Waals surface area contributed by atoms with Crippen LogP contribution in [0.4, 0.5) is 0 Å². The predicted octanol–water partition coefficient (Wildman–Crippen LogP) is -1.50. The Kier molecular flexibility index (Phi) is 4.98. The molecule has 6 heteroatoms. The molecule has 0 bridgehead atoms. The van der Waals surface area contributed by atoms with Crippen molar-refractivity contribution >= 4 is 11.9 Å². The number of aliphatic carboxylic acids is 2. The van der Waals surface area contributed by atoms with Crippen molar-refractivity contribution in [2.75, 3.05) is 13.2 Å². The Morgan fingerprint density at radius 2 is 1.92 bits per heavy atom. The minimum absolute atomic E-state index is 0.0346. The fourth-order valence-corrected chi connectivity index (χ4v) is 0.583. The number of nitrogens with one attached hydrogen (secondary N) is 1. The lowest BCUT2D eigenvalue weighted by molar-refractivity contribution is -0.141. The number of hydrogen-bond acceptors (Lipinski definition) is 4. The van der Waals surface area contributed by atoms with Crippen LogP contribution < -0.4 is 5.32 Å². The topological polar surface area (TPSA) is 107 Å². The molecule has 0 fully saturated rings. The van der Waals surface area contributed by atoms with Crippen molar-refractivity contribution < 1.29 is 24.9 Å². The minimum atomic E-state index is -1.19. The maximum atomic E-state index is 10.2. The molecule has 0 heterocycles. The summed E-state index contributed by atoms with van der Waals surface area (Å²) in [6.07, 6.45) is -0.163. The third kappa shape index (κ3) is 4.64. The van der Waals surface area contributed by atoms with Gasteiger partial charge in [0.05, 0.1) is 13.0 Å². The Balaban J connectivity index is 3.59. The summed E-state index contributed by atoms with van der Waals surface area (Å²) in [7, 11) is 0. The van der Waals surface area contributed by atoms with Crippen LogP contribution in [0.25, 0.3) is 0 Å². The average Bonchev–Trinajstić information content (AvgIpc) is 1.96. The van der Waals surface area contributed by atoms with Crippen molar-refractivity contribution in [2.45, 2.75) is 12.5 Å². The number of carboxylic acid groups (broad SMARTS) is 2. The second kappa shape index (κ2) is 5.50. The second-order valence-electron chi connectivity index (χ2n) is 2.17. The third-order valence-electron chi connectivity index (χ3n) is 1.21. The lowest BCUT2D eigenvalue weighted by Crippen LogP contribution is -2.40. The Labute approximate surface area is 68.8 Å². The first kappa shape index (κ1) is 10.9. The first-order valence-electron chi connectivity index (χ1n) is 3.36. The molecule has 12 heavy (non-hydrogen) atoms. The SMILES string of the molecule is O=C(O)CCN[C@@H](CO)C(=O)O. The van der Waals surface area contributed by atoms with Crippen LogP contribution in [0.3, 0.4) is 0 Å². The molecule has 0 spiro atoms. The number of carbonyl (C=O) groups is 2. The van der Waals surface area contributed by atoms with E-state index in [9.17, 15) is 9.59 Å². The highest BCUT2D eigenvalue weighted by molar-refractivity contribution is 5.73. The van der Waals surface area contributed by atoms with E-state index in [1.807, 2.05) is 0 Å². The van der Waals surface area contributed by atoms with Crippen LogP contribution in [0.2, 0.25) is 0 Å². The molecule has 0 radical (unpaired) electrons. The molecular weight excluding hydrogens is 166 g/mol. The van der Waals surface area contributed by atoms with E-state index >= 15 is 0 Å². The first-order chi connectivity index (χ1) is 5.57. The number of aliphatic hydroxyl groups excluding tert-OH is 1. The van der Waals surface area contributed by atoms with Gasteiger partial charge in [0.15, 0.2) is 0 Å². The van der Waals surface area contributed by atoms with Gasteiger partial charge in [0, 0.05) is 6.54 Å². The van der Waals surface area contributed by atoms with E-state index in [1.165, 1.54) is 0 Å². The summed E-state index contributed by atoms with van der Waals surface area (Å²) in [5.74, 6) is -2.20. The van der Waals surface area contributed by atoms with Crippen LogP contribution in [-0.4, -0.2) is 46.5 Å². The van der Waals surface area contributed by atoms with Gasteiger partial charge in [0.1, 0.15) is 6.04 Å². The van der Waals surface area contributed by atoms with Crippen molar-refractivity contribution in [1.82, 2.24) is 5.32 Å². The van der Waals surface area contributed by atoms with Crippen molar-refractivity contribution in [2.24, 2.45) is 0 Å². The summed E-state index contributed by atoms with van der Waals surface area (Å²) in [5.41, 5.74) is 0. The molecular formula is C6H11NO5. The smallest absolute Gasteiger partial charge is 0.323 e. The number of hydrogen-bond donors (Lipinski definition) is 4. The fraction of sp³-hybridized carbons (Fsp3) is 0.667. The van der Waals surface area contributed by atoms with Crippen molar-refractivity contribution in [3.8, 4) is 0 Å². The van der Waals surface area contributed by atoms with E-state index in [-0.39, 0.29) is 13.0 Å². The van der Waals surface area contributed by atoms with Crippen molar-refractivity contribution in [3.05, 3.63) is 0 Å². The summed E-state index contributed by atoms with van der Waals surface area (Å²) >= 11 is 0. The number of rotatable bonds is 6. The highest BCUT2D eigenvalue weighted by Crippen LogP contribution is 1.83. The number of aliphatic hydroxyl groups is 1. The Bertz CT molecular complexity index is 169. The second-order valence-corrected chi connectivity index (χ2v) is 2.17. The molecule has 0 aliphatic heterocycles. The fourth-order valence-electron chi connectivity index (χ4n) is 0.583. The molecule has 0 aliphatic carbocycles. The van der Waals surface area contributed by atoms with Gasteiger partial charge in [-0.05, 0) is 0 Å². The zero-order valence-electron chi connectivity index (χ0n) is 6.36. The zero-order chi connectivity index (χ0) is 9.56. The molecule has 0 aliphatic rings. The maximum Gasteiger partial charge on any atom is 0.323 e. The van der Waals surface area contributed by atoms with E-state index in [0.717, 1.165) is 0 Å². The van der Waals surface area contributed by atoms with E-state index in [0.29, 0.717) is 0 Å². The standard InChI is InChI=1S/C6H11NO5/c8-3-4(6(11)12)7-2-1-5(9)10/h4,7-8H,1-3H2,(H,9,10)(H,11,12)/t4-/m0/s1. The normalized spacial score (nSPS) is 12.4. The van der Waals surface area contributed by atoms with Crippen molar-refractivity contribution in [1.29, 1.82) is 0 Å². The molecule has 0 aromatic carbocycles. The monoisotopic (exact) mass is 177 g/mol. The molecule has 0 unspecified atom stereocenters. The predicted molar refractivity (Wildman–Crippen MR) is 38.8 cm³/mol. The van der Waals surface area contributed by atoms with Gasteiger partial charge in [-0.2, -0.15) is 0 Å². The Hall–Kier alpha value is -1.14. The number of carboxylic acids is 2. The van der Waals surface area contributed by atoms with Crippen LogP contribution in [-0.2, 0) is 9.59 Å². The lowest BCUT2D eigenvalue weighted by atomic mass is 10.3. The van der Waals surface area contributed by atoms with E-state index in [4.69, 9.17) is 15.3 Å². The van der Waals surface area contributed by atoms with Gasteiger partial charge in [0.25, 0.3) is 0 Å². The largest absolute Gasteiger partial charge is 0.481 e. The molecule has 0 rings (SSSR count). The van der Waals surface area contributed by atoms with Crippen LogP contribution in [0.1, 0.15) is 6.42 Å². The molecule has 6 nitrogen and oxygen atoms in total. The molecule has 0 amide bonds. The van der Waals surface area contributed by atoms with Gasteiger partial charge in [0.2, 0.25) is 0 Å². The molecule has 70 valence electrons. The van der Waals surface area contributed by atoms with Crippen LogP contribution in [0.5, 0.6) is 0 Å². The molecule has 0 saturated carbocycles. The van der Waals surface area contributed by atoms with Crippen LogP contribution in [0.15, 0.2) is 0 Å².